The molecule has 0 atom stereocenters. The van der Waals surface area contributed by atoms with Gasteiger partial charge in [0.2, 0.25) is 0 Å². The van der Waals surface area contributed by atoms with Crippen molar-refractivity contribution in [2.24, 2.45) is 0 Å². The second-order valence-electron chi connectivity index (χ2n) is 4.88. The van der Waals surface area contributed by atoms with E-state index in [2.05, 4.69) is 24.1 Å². The highest BCUT2D eigenvalue weighted by Gasteiger charge is 2.08. The Balaban J connectivity index is 3.93. The lowest BCUT2D eigenvalue weighted by Gasteiger charge is -2.14. The van der Waals surface area contributed by atoms with Gasteiger partial charge in [-0.15, -0.1) is 0 Å². The molecule has 2 heteroatoms. The van der Waals surface area contributed by atoms with Crippen LogP contribution in [0.4, 0.5) is 0 Å². The van der Waals surface area contributed by atoms with E-state index in [1.54, 1.807) is 0 Å². The fourth-order valence-corrected chi connectivity index (χ4v) is 0.408. The number of rotatable bonds is 0. The van der Waals surface area contributed by atoms with E-state index in [0.717, 1.165) is 0 Å². The maximum Gasteiger partial charge on any atom is 0.125 e. The lowest BCUT2D eigenvalue weighted by Crippen LogP contribution is -2.15. The summed E-state index contributed by atoms with van der Waals surface area (Å²) in [6.45, 7) is 11.6. The van der Waals surface area contributed by atoms with Crippen molar-refractivity contribution in [1.29, 1.82) is 0 Å². The second kappa shape index (κ2) is 4.82. The average molecular weight is 194 g/mol. The highest BCUT2D eigenvalue weighted by atomic mass is 16.5. The molecule has 0 amide bonds. The lowest BCUT2D eigenvalue weighted by molar-refractivity contribution is 0.0949. The van der Waals surface area contributed by atoms with E-state index in [-0.39, 0.29) is 11.2 Å². The van der Waals surface area contributed by atoms with Crippen molar-refractivity contribution in [3.05, 3.63) is 0 Å². The summed E-state index contributed by atoms with van der Waals surface area (Å²) in [7, 11) is 0. The first-order valence-electron chi connectivity index (χ1n) is 4.57. The predicted octanol–water partition coefficient (Wildman–Crippen LogP) is 2.54. The molecule has 14 heavy (non-hydrogen) atoms. The molecule has 0 rings (SSSR count). The molecule has 0 aromatic carbocycles. The van der Waals surface area contributed by atoms with Crippen LogP contribution in [0.5, 0.6) is 0 Å². The van der Waals surface area contributed by atoms with E-state index >= 15 is 0 Å². The Morgan fingerprint density at radius 1 is 0.643 bits per heavy atom. The molecule has 0 aliphatic carbocycles. The minimum atomic E-state index is -0.250. The molecule has 0 aliphatic heterocycles. The predicted molar refractivity (Wildman–Crippen MR) is 57.2 cm³/mol. The van der Waals surface area contributed by atoms with Crippen molar-refractivity contribution in [3.8, 4) is 24.1 Å². The molecule has 78 valence electrons. The summed E-state index contributed by atoms with van der Waals surface area (Å²) < 4.78 is 10.3. The van der Waals surface area contributed by atoms with Crippen LogP contribution in [0.2, 0.25) is 0 Å². The zero-order chi connectivity index (χ0) is 11.2. The molecular formula is C12H18O2. The summed E-state index contributed by atoms with van der Waals surface area (Å²) in [5, 5.41) is 0. The number of hydrogen-bond donors (Lipinski definition) is 0. The van der Waals surface area contributed by atoms with Crippen molar-refractivity contribution in [3.63, 3.8) is 0 Å². The third-order valence-electron chi connectivity index (χ3n) is 0.879. The Bertz CT molecular complexity index is 249. The van der Waals surface area contributed by atoms with Crippen molar-refractivity contribution >= 4 is 0 Å². The second-order valence-corrected chi connectivity index (χ2v) is 4.88. The Hall–Kier alpha value is -1.28. The van der Waals surface area contributed by atoms with Crippen LogP contribution in [0.15, 0.2) is 0 Å². The summed E-state index contributed by atoms with van der Waals surface area (Å²) in [6, 6.07) is 0. The first-order chi connectivity index (χ1) is 6.21. The van der Waals surface area contributed by atoms with Crippen molar-refractivity contribution in [2.75, 3.05) is 0 Å². The normalized spacial score (nSPS) is 10.4. The molecule has 0 aromatic rings. The van der Waals surface area contributed by atoms with Crippen molar-refractivity contribution < 1.29 is 9.47 Å². The molecule has 0 fully saturated rings. The van der Waals surface area contributed by atoms with Gasteiger partial charge < -0.3 is 9.47 Å². The largest absolute Gasteiger partial charge is 0.440 e. The van der Waals surface area contributed by atoms with Gasteiger partial charge in [-0.3, -0.25) is 0 Å². The van der Waals surface area contributed by atoms with E-state index < -0.39 is 0 Å². The van der Waals surface area contributed by atoms with E-state index in [1.165, 1.54) is 0 Å². The first kappa shape index (κ1) is 12.7. The summed E-state index contributed by atoms with van der Waals surface area (Å²) in [4.78, 5) is 0. The topological polar surface area (TPSA) is 18.5 Å². The molecule has 0 aliphatic rings. The van der Waals surface area contributed by atoms with E-state index in [0.29, 0.717) is 0 Å². The quantitative estimate of drug-likeness (QED) is 0.552. The monoisotopic (exact) mass is 194 g/mol. The Labute approximate surface area is 87.0 Å². The summed E-state index contributed by atoms with van der Waals surface area (Å²) in [6.07, 6.45) is 5.02. The zero-order valence-electron chi connectivity index (χ0n) is 9.82. The highest BCUT2D eigenvalue weighted by molar-refractivity contribution is 5.21. The van der Waals surface area contributed by atoms with Gasteiger partial charge in [-0.1, -0.05) is 0 Å². The molecule has 0 bridgehead atoms. The van der Waals surface area contributed by atoms with Crippen LogP contribution in [0.25, 0.3) is 0 Å². The zero-order valence-corrected chi connectivity index (χ0v) is 9.82. The van der Waals surface area contributed by atoms with Gasteiger partial charge in [-0.25, -0.2) is 0 Å². The molecule has 0 radical (unpaired) electrons. The van der Waals surface area contributed by atoms with Gasteiger partial charge in [0.15, 0.2) is 0 Å². The molecule has 0 saturated heterocycles. The number of hydrogen-bond acceptors (Lipinski definition) is 2. The Morgan fingerprint density at radius 3 is 1.14 bits per heavy atom. The molecular weight excluding hydrogens is 176 g/mol. The van der Waals surface area contributed by atoms with Gasteiger partial charge in [0, 0.05) is 11.8 Å². The van der Waals surface area contributed by atoms with Gasteiger partial charge in [-0.05, 0) is 41.5 Å². The summed E-state index contributed by atoms with van der Waals surface area (Å²) >= 11 is 0. The van der Waals surface area contributed by atoms with E-state index in [9.17, 15) is 0 Å². The molecule has 0 N–H and O–H groups in total. The van der Waals surface area contributed by atoms with Crippen LogP contribution in [0, 0.1) is 24.1 Å². The minimum absolute atomic E-state index is 0.250. The molecule has 2 nitrogen and oxygen atoms in total. The van der Waals surface area contributed by atoms with Crippen LogP contribution in [-0.2, 0) is 9.47 Å². The van der Waals surface area contributed by atoms with Crippen LogP contribution in [0.3, 0.4) is 0 Å². The SMILES string of the molecule is CC(C)(C)OC#CC#COC(C)(C)C. The molecule has 0 spiro atoms. The van der Waals surface area contributed by atoms with E-state index in [1.807, 2.05) is 41.5 Å². The lowest BCUT2D eigenvalue weighted by atomic mass is 10.2. The summed E-state index contributed by atoms with van der Waals surface area (Å²) in [5.41, 5.74) is -0.501. The van der Waals surface area contributed by atoms with Gasteiger partial charge in [0.05, 0.1) is 0 Å². The van der Waals surface area contributed by atoms with Crippen LogP contribution in [0.1, 0.15) is 41.5 Å². The smallest absolute Gasteiger partial charge is 0.125 e. The van der Waals surface area contributed by atoms with E-state index in [4.69, 9.17) is 9.47 Å². The molecule has 0 aromatic heterocycles. The fourth-order valence-electron chi connectivity index (χ4n) is 0.408. The van der Waals surface area contributed by atoms with Crippen molar-refractivity contribution in [1.82, 2.24) is 0 Å². The Morgan fingerprint density at radius 2 is 0.929 bits per heavy atom. The van der Waals surface area contributed by atoms with Crippen molar-refractivity contribution in [2.45, 2.75) is 52.7 Å². The van der Waals surface area contributed by atoms with Gasteiger partial charge in [-0.2, -0.15) is 0 Å². The standard InChI is InChI=1S/C12H18O2/c1-11(2,3)13-9-7-8-10-14-12(4,5)6/h1-6H3. The minimum Gasteiger partial charge on any atom is -0.440 e. The third-order valence-corrected chi connectivity index (χ3v) is 0.879. The van der Waals surface area contributed by atoms with Gasteiger partial charge in [0.1, 0.15) is 23.4 Å². The summed E-state index contributed by atoms with van der Waals surface area (Å²) in [5.74, 6) is 5.11. The van der Waals surface area contributed by atoms with Crippen LogP contribution >= 0.6 is 0 Å². The van der Waals surface area contributed by atoms with Crippen LogP contribution < -0.4 is 0 Å². The maximum atomic E-state index is 5.14. The number of ether oxygens (including phenoxy) is 2. The first-order valence-corrected chi connectivity index (χ1v) is 4.57. The van der Waals surface area contributed by atoms with Crippen LogP contribution in [-0.4, -0.2) is 11.2 Å². The molecule has 0 saturated carbocycles. The molecule has 0 heterocycles. The Kier molecular flexibility index (Phi) is 4.38. The maximum absolute atomic E-state index is 5.14. The fraction of sp³-hybridized carbons (Fsp3) is 0.667. The average Bonchev–Trinajstić information content (AvgIpc) is 1.92. The van der Waals surface area contributed by atoms with Gasteiger partial charge in [0.25, 0.3) is 0 Å². The van der Waals surface area contributed by atoms with Gasteiger partial charge >= 0.3 is 0 Å². The third kappa shape index (κ3) is 10.7. The highest BCUT2D eigenvalue weighted by Crippen LogP contribution is 2.05. The molecule has 0 unspecified atom stereocenters.